The van der Waals surface area contributed by atoms with Crippen molar-refractivity contribution < 1.29 is 0 Å². The first-order valence-electron chi connectivity index (χ1n) is 6.30. The standard InChI is InChI=1S/C14H21N3/c1-4-14(3,15)10-12-11-8-6-7-9-13(11)17(5-2)16-12/h6-9H,4-5,10,15H2,1-3H3. The molecule has 0 amide bonds. The Morgan fingerprint density at radius 1 is 1.29 bits per heavy atom. The van der Waals surface area contributed by atoms with Gasteiger partial charge in [0.1, 0.15) is 0 Å². The van der Waals surface area contributed by atoms with Crippen LogP contribution in [0, 0.1) is 0 Å². The summed E-state index contributed by atoms with van der Waals surface area (Å²) >= 11 is 0. The Balaban J connectivity index is 2.47. The van der Waals surface area contributed by atoms with Crippen molar-refractivity contribution in [3.8, 4) is 0 Å². The van der Waals surface area contributed by atoms with Gasteiger partial charge in [-0.05, 0) is 26.3 Å². The van der Waals surface area contributed by atoms with E-state index in [1.165, 1.54) is 10.9 Å². The first-order valence-corrected chi connectivity index (χ1v) is 6.30. The van der Waals surface area contributed by atoms with Gasteiger partial charge in [-0.15, -0.1) is 0 Å². The van der Waals surface area contributed by atoms with E-state index in [0.717, 1.165) is 25.1 Å². The fraction of sp³-hybridized carbons (Fsp3) is 0.500. The molecule has 17 heavy (non-hydrogen) atoms. The Bertz CT molecular complexity index is 511. The quantitative estimate of drug-likeness (QED) is 0.879. The minimum atomic E-state index is -0.171. The lowest BCUT2D eigenvalue weighted by molar-refractivity contribution is 0.443. The highest BCUT2D eigenvalue weighted by molar-refractivity contribution is 5.82. The third-order valence-electron chi connectivity index (χ3n) is 3.41. The normalized spacial score (nSPS) is 15.1. The summed E-state index contributed by atoms with van der Waals surface area (Å²) in [5.41, 5.74) is 8.39. The summed E-state index contributed by atoms with van der Waals surface area (Å²) < 4.78 is 2.05. The number of aryl methyl sites for hydroxylation is 1. The van der Waals surface area contributed by atoms with Crippen molar-refractivity contribution in [2.45, 2.75) is 45.7 Å². The minimum absolute atomic E-state index is 0.171. The molecule has 2 aromatic rings. The van der Waals surface area contributed by atoms with Crippen LogP contribution in [0.5, 0.6) is 0 Å². The molecule has 0 saturated heterocycles. The van der Waals surface area contributed by atoms with Gasteiger partial charge in [-0.2, -0.15) is 5.10 Å². The number of hydrogen-bond donors (Lipinski definition) is 1. The van der Waals surface area contributed by atoms with Gasteiger partial charge in [-0.3, -0.25) is 4.68 Å². The van der Waals surface area contributed by atoms with Gasteiger partial charge in [0.2, 0.25) is 0 Å². The van der Waals surface area contributed by atoms with Crippen molar-refractivity contribution in [2.75, 3.05) is 0 Å². The predicted molar refractivity (Wildman–Crippen MR) is 72.0 cm³/mol. The second-order valence-electron chi connectivity index (χ2n) is 4.96. The number of nitrogens with two attached hydrogens (primary N) is 1. The molecule has 3 heteroatoms. The van der Waals surface area contributed by atoms with Gasteiger partial charge in [-0.25, -0.2) is 0 Å². The van der Waals surface area contributed by atoms with Crippen LogP contribution in [-0.4, -0.2) is 15.3 Å². The molecule has 0 saturated carbocycles. The van der Waals surface area contributed by atoms with Crippen LogP contribution >= 0.6 is 0 Å². The number of fused-ring (bicyclic) bond motifs is 1. The highest BCUT2D eigenvalue weighted by Crippen LogP contribution is 2.22. The van der Waals surface area contributed by atoms with E-state index in [0.29, 0.717) is 0 Å². The Kier molecular flexibility index (Phi) is 3.20. The highest BCUT2D eigenvalue weighted by atomic mass is 15.3. The SMILES string of the molecule is CCn1nc(CC(C)(N)CC)c2ccccc21. The smallest absolute Gasteiger partial charge is 0.0721 e. The van der Waals surface area contributed by atoms with E-state index < -0.39 is 0 Å². The topological polar surface area (TPSA) is 43.8 Å². The van der Waals surface area contributed by atoms with Crippen LogP contribution in [-0.2, 0) is 13.0 Å². The molecule has 1 aromatic carbocycles. The van der Waals surface area contributed by atoms with Crippen LogP contribution < -0.4 is 5.73 Å². The molecule has 1 heterocycles. The maximum atomic E-state index is 6.24. The first kappa shape index (κ1) is 12.1. The van der Waals surface area contributed by atoms with E-state index in [4.69, 9.17) is 5.73 Å². The number of nitrogens with zero attached hydrogens (tertiary/aromatic N) is 2. The maximum absolute atomic E-state index is 6.24. The van der Waals surface area contributed by atoms with Crippen molar-refractivity contribution in [1.29, 1.82) is 0 Å². The van der Waals surface area contributed by atoms with E-state index in [2.05, 4.69) is 54.8 Å². The van der Waals surface area contributed by atoms with Crippen LogP contribution in [0.25, 0.3) is 10.9 Å². The molecule has 0 aliphatic heterocycles. The molecular weight excluding hydrogens is 210 g/mol. The van der Waals surface area contributed by atoms with Crippen molar-refractivity contribution in [2.24, 2.45) is 5.73 Å². The Morgan fingerprint density at radius 3 is 2.65 bits per heavy atom. The summed E-state index contributed by atoms with van der Waals surface area (Å²) in [7, 11) is 0. The molecule has 2 rings (SSSR count). The molecule has 2 N–H and O–H groups in total. The third kappa shape index (κ3) is 2.34. The van der Waals surface area contributed by atoms with E-state index >= 15 is 0 Å². The van der Waals surface area contributed by atoms with Gasteiger partial charge in [0.05, 0.1) is 11.2 Å². The van der Waals surface area contributed by atoms with Gasteiger partial charge in [0.15, 0.2) is 0 Å². The number of benzene rings is 1. The van der Waals surface area contributed by atoms with E-state index in [-0.39, 0.29) is 5.54 Å². The number of rotatable bonds is 4. The summed E-state index contributed by atoms with van der Waals surface area (Å²) in [5.74, 6) is 0. The third-order valence-corrected chi connectivity index (χ3v) is 3.41. The van der Waals surface area contributed by atoms with Crippen molar-refractivity contribution in [1.82, 2.24) is 9.78 Å². The van der Waals surface area contributed by atoms with Gasteiger partial charge >= 0.3 is 0 Å². The van der Waals surface area contributed by atoms with E-state index in [1.807, 2.05) is 0 Å². The number of aromatic nitrogens is 2. The van der Waals surface area contributed by atoms with Crippen molar-refractivity contribution in [3.63, 3.8) is 0 Å². The predicted octanol–water partition coefficient (Wildman–Crippen LogP) is 2.73. The Morgan fingerprint density at radius 2 is 2.00 bits per heavy atom. The molecule has 0 fully saturated rings. The molecule has 0 aliphatic carbocycles. The average molecular weight is 231 g/mol. The molecule has 1 aromatic heterocycles. The second kappa shape index (κ2) is 4.49. The van der Waals surface area contributed by atoms with Crippen LogP contribution in [0.2, 0.25) is 0 Å². The lowest BCUT2D eigenvalue weighted by Crippen LogP contribution is -2.37. The average Bonchev–Trinajstić information content (AvgIpc) is 2.67. The molecular formula is C14H21N3. The molecule has 0 bridgehead atoms. The molecule has 0 aliphatic rings. The lowest BCUT2D eigenvalue weighted by Gasteiger charge is -2.21. The fourth-order valence-corrected chi connectivity index (χ4v) is 2.08. The largest absolute Gasteiger partial charge is 0.325 e. The highest BCUT2D eigenvalue weighted by Gasteiger charge is 2.20. The summed E-state index contributed by atoms with van der Waals surface area (Å²) in [6, 6.07) is 8.37. The van der Waals surface area contributed by atoms with Crippen LogP contribution in [0.15, 0.2) is 24.3 Å². The van der Waals surface area contributed by atoms with E-state index in [9.17, 15) is 0 Å². The summed E-state index contributed by atoms with van der Waals surface area (Å²) in [5, 5.41) is 5.91. The van der Waals surface area contributed by atoms with Crippen LogP contribution in [0.4, 0.5) is 0 Å². The first-order chi connectivity index (χ1) is 8.07. The van der Waals surface area contributed by atoms with Gasteiger partial charge in [0.25, 0.3) is 0 Å². The summed E-state index contributed by atoms with van der Waals surface area (Å²) in [4.78, 5) is 0. The van der Waals surface area contributed by atoms with E-state index in [1.54, 1.807) is 0 Å². The Hall–Kier alpha value is -1.35. The molecule has 1 atom stereocenters. The minimum Gasteiger partial charge on any atom is -0.325 e. The molecule has 92 valence electrons. The van der Waals surface area contributed by atoms with Gasteiger partial charge < -0.3 is 5.73 Å². The molecule has 0 radical (unpaired) electrons. The zero-order chi connectivity index (χ0) is 12.5. The zero-order valence-corrected chi connectivity index (χ0v) is 10.9. The fourth-order valence-electron chi connectivity index (χ4n) is 2.08. The Labute approximate surface area is 103 Å². The summed E-state index contributed by atoms with van der Waals surface area (Å²) in [6.45, 7) is 7.23. The van der Waals surface area contributed by atoms with Crippen molar-refractivity contribution >= 4 is 10.9 Å². The monoisotopic (exact) mass is 231 g/mol. The second-order valence-corrected chi connectivity index (χ2v) is 4.96. The molecule has 1 unspecified atom stereocenters. The van der Waals surface area contributed by atoms with Gasteiger partial charge in [-0.1, -0.05) is 25.1 Å². The molecule has 3 nitrogen and oxygen atoms in total. The van der Waals surface area contributed by atoms with Crippen LogP contribution in [0.3, 0.4) is 0 Å². The van der Waals surface area contributed by atoms with Gasteiger partial charge in [0, 0.05) is 23.9 Å². The van der Waals surface area contributed by atoms with Crippen molar-refractivity contribution in [3.05, 3.63) is 30.0 Å². The summed E-state index contributed by atoms with van der Waals surface area (Å²) in [6.07, 6.45) is 1.79. The molecule has 0 spiro atoms. The number of hydrogen-bond acceptors (Lipinski definition) is 2. The van der Waals surface area contributed by atoms with Crippen LogP contribution in [0.1, 0.15) is 32.9 Å². The maximum Gasteiger partial charge on any atom is 0.0721 e. The zero-order valence-electron chi connectivity index (χ0n) is 10.9. The number of para-hydroxylation sites is 1. The lowest BCUT2D eigenvalue weighted by atomic mass is 9.93.